The molecule has 1 heterocycles. The fraction of sp³-hybridized carbons (Fsp3) is 0.185. The van der Waals surface area contributed by atoms with Crippen molar-refractivity contribution in [3.63, 3.8) is 0 Å². The molecule has 4 rings (SSSR count). The van der Waals surface area contributed by atoms with Gasteiger partial charge in [-0.15, -0.1) is 0 Å². The van der Waals surface area contributed by atoms with Gasteiger partial charge in [0.05, 0.1) is 49.1 Å². The summed E-state index contributed by atoms with van der Waals surface area (Å²) in [6.07, 6.45) is -4.59. The van der Waals surface area contributed by atoms with E-state index in [2.05, 4.69) is 0 Å². The second kappa shape index (κ2) is 10.3. The van der Waals surface area contributed by atoms with Gasteiger partial charge in [-0.05, 0) is 48.0 Å². The van der Waals surface area contributed by atoms with E-state index in [1.54, 1.807) is 24.3 Å². The van der Waals surface area contributed by atoms with Crippen molar-refractivity contribution in [2.75, 3.05) is 26.2 Å². The van der Waals surface area contributed by atoms with Crippen molar-refractivity contribution in [1.29, 1.82) is 0 Å². The topological polar surface area (TPSA) is 85.3 Å². The van der Waals surface area contributed by atoms with E-state index in [-0.39, 0.29) is 33.3 Å². The summed E-state index contributed by atoms with van der Waals surface area (Å²) in [7, 11) is 4.11. The highest BCUT2D eigenvalue weighted by Crippen LogP contribution is 2.45. The Hall–Kier alpha value is -4.18. The molecule has 38 heavy (non-hydrogen) atoms. The van der Waals surface area contributed by atoms with Crippen LogP contribution in [0, 0.1) is 0 Å². The molecule has 0 radical (unpaired) electrons. The number of aliphatic hydroxyl groups is 1. The Labute approximate surface area is 220 Å². The highest BCUT2D eigenvalue weighted by molar-refractivity contribution is 6.51. The Morgan fingerprint density at radius 2 is 1.58 bits per heavy atom. The summed E-state index contributed by atoms with van der Waals surface area (Å²) < 4.78 is 55.3. The molecule has 1 unspecified atom stereocenters. The van der Waals surface area contributed by atoms with Crippen LogP contribution in [0.25, 0.3) is 5.76 Å². The second-order valence-electron chi connectivity index (χ2n) is 8.18. The average molecular weight is 548 g/mol. The van der Waals surface area contributed by atoms with E-state index in [1.165, 1.54) is 33.5 Å². The molecule has 7 nitrogen and oxygen atoms in total. The minimum absolute atomic E-state index is 0.0204. The standard InChI is InChI=1S/C27H21ClF3NO6/c1-36-17-6-4-5-14(11-17)23-22(24(33)18-12-21(38-3)19(28)13-20(18)37-2)25(34)26(35)32(23)16-9-7-15(8-10-16)27(29,30)31/h4-13,23,33H,1-3H3/b24-22+. The molecule has 11 heteroatoms. The van der Waals surface area contributed by atoms with Gasteiger partial charge in [0.15, 0.2) is 0 Å². The van der Waals surface area contributed by atoms with Crippen LogP contribution in [0.15, 0.2) is 66.2 Å². The molecule has 3 aromatic carbocycles. The molecule has 0 aromatic heterocycles. The third-order valence-corrected chi connectivity index (χ3v) is 6.35. The van der Waals surface area contributed by atoms with Gasteiger partial charge in [0.2, 0.25) is 0 Å². The molecule has 0 spiro atoms. The van der Waals surface area contributed by atoms with E-state index in [1.807, 2.05) is 0 Å². The number of rotatable bonds is 6. The number of alkyl halides is 3. The Bertz CT molecular complexity index is 1440. The maximum Gasteiger partial charge on any atom is 0.416 e. The van der Waals surface area contributed by atoms with Crippen molar-refractivity contribution in [2.24, 2.45) is 0 Å². The molecule has 1 amide bonds. The molecule has 1 N–H and O–H groups in total. The summed E-state index contributed by atoms with van der Waals surface area (Å²) in [6, 6.07) is 11.7. The number of hydrogen-bond acceptors (Lipinski definition) is 6. The van der Waals surface area contributed by atoms with Crippen LogP contribution in [0.3, 0.4) is 0 Å². The number of carbonyl (C=O) groups excluding carboxylic acids is 2. The molecule has 0 saturated carbocycles. The second-order valence-corrected chi connectivity index (χ2v) is 8.58. The number of ketones is 1. The minimum atomic E-state index is -4.59. The van der Waals surface area contributed by atoms with Crippen LogP contribution in [0.2, 0.25) is 5.02 Å². The number of carbonyl (C=O) groups is 2. The van der Waals surface area contributed by atoms with Gasteiger partial charge in [-0.3, -0.25) is 14.5 Å². The molecule has 0 aliphatic carbocycles. The fourth-order valence-electron chi connectivity index (χ4n) is 4.23. The van der Waals surface area contributed by atoms with Gasteiger partial charge in [-0.25, -0.2) is 0 Å². The van der Waals surface area contributed by atoms with Crippen molar-refractivity contribution in [1.82, 2.24) is 0 Å². The van der Waals surface area contributed by atoms with Crippen LogP contribution in [-0.2, 0) is 15.8 Å². The van der Waals surface area contributed by atoms with Crippen LogP contribution in [0.4, 0.5) is 18.9 Å². The summed E-state index contributed by atoms with van der Waals surface area (Å²) in [5, 5.41) is 11.6. The first-order valence-electron chi connectivity index (χ1n) is 11.1. The average Bonchev–Trinajstić information content (AvgIpc) is 3.17. The Morgan fingerprint density at radius 1 is 0.921 bits per heavy atom. The van der Waals surface area contributed by atoms with E-state index in [0.717, 1.165) is 29.2 Å². The van der Waals surface area contributed by atoms with Crippen molar-refractivity contribution in [3.8, 4) is 17.2 Å². The van der Waals surface area contributed by atoms with Gasteiger partial charge in [0.1, 0.15) is 23.0 Å². The maximum absolute atomic E-state index is 13.4. The number of anilines is 1. The molecule has 198 valence electrons. The highest BCUT2D eigenvalue weighted by Gasteiger charge is 2.47. The number of aliphatic hydroxyl groups excluding tert-OH is 1. The number of Topliss-reactive ketones (excluding diaryl/α,β-unsaturated/α-hetero) is 1. The molecule has 0 bridgehead atoms. The molecule has 1 aliphatic rings. The van der Waals surface area contributed by atoms with Crippen LogP contribution in [0.5, 0.6) is 17.2 Å². The van der Waals surface area contributed by atoms with Gasteiger partial charge in [0, 0.05) is 11.8 Å². The van der Waals surface area contributed by atoms with Gasteiger partial charge >= 0.3 is 6.18 Å². The predicted molar refractivity (Wildman–Crippen MR) is 134 cm³/mol. The van der Waals surface area contributed by atoms with Crippen LogP contribution < -0.4 is 19.1 Å². The molecular weight excluding hydrogens is 527 g/mol. The molecule has 3 aromatic rings. The number of methoxy groups -OCH3 is 3. The van der Waals surface area contributed by atoms with Crippen LogP contribution in [-0.4, -0.2) is 38.1 Å². The molecule has 1 atom stereocenters. The SMILES string of the molecule is COc1cccc(C2/C(=C(\O)c3cc(OC)c(Cl)cc3OC)C(=O)C(=O)N2c2ccc(C(F)(F)F)cc2)c1. The van der Waals surface area contributed by atoms with E-state index in [9.17, 15) is 27.9 Å². The normalized spacial score (nSPS) is 17.0. The largest absolute Gasteiger partial charge is 0.507 e. The third-order valence-electron chi connectivity index (χ3n) is 6.06. The summed E-state index contributed by atoms with van der Waals surface area (Å²) in [5.41, 5.74) is -0.829. The number of amides is 1. The quantitative estimate of drug-likeness (QED) is 0.231. The lowest BCUT2D eigenvalue weighted by Crippen LogP contribution is -2.29. The van der Waals surface area contributed by atoms with E-state index in [0.29, 0.717) is 11.3 Å². The molecule has 1 fully saturated rings. The summed E-state index contributed by atoms with van der Waals surface area (Å²) in [6.45, 7) is 0. The van der Waals surface area contributed by atoms with Crippen molar-refractivity contribution >= 4 is 34.7 Å². The van der Waals surface area contributed by atoms with Crippen molar-refractivity contribution in [3.05, 3.63) is 87.9 Å². The van der Waals surface area contributed by atoms with Crippen LogP contribution in [0.1, 0.15) is 22.7 Å². The van der Waals surface area contributed by atoms with Crippen molar-refractivity contribution in [2.45, 2.75) is 12.2 Å². The lowest BCUT2D eigenvalue weighted by molar-refractivity contribution is -0.137. The van der Waals surface area contributed by atoms with Gasteiger partial charge in [-0.1, -0.05) is 23.7 Å². The first kappa shape index (κ1) is 26.9. The summed E-state index contributed by atoms with van der Waals surface area (Å²) >= 11 is 6.18. The Balaban J connectivity index is 1.98. The number of ether oxygens (including phenoxy) is 3. The maximum atomic E-state index is 13.4. The lowest BCUT2D eigenvalue weighted by Gasteiger charge is -2.26. The van der Waals surface area contributed by atoms with E-state index >= 15 is 0 Å². The zero-order chi connectivity index (χ0) is 27.8. The fourth-order valence-corrected chi connectivity index (χ4v) is 4.46. The lowest BCUT2D eigenvalue weighted by atomic mass is 9.94. The highest BCUT2D eigenvalue weighted by atomic mass is 35.5. The van der Waals surface area contributed by atoms with Gasteiger partial charge in [-0.2, -0.15) is 13.2 Å². The van der Waals surface area contributed by atoms with Crippen molar-refractivity contribution < 1.29 is 42.1 Å². The Morgan fingerprint density at radius 3 is 2.16 bits per heavy atom. The predicted octanol–water partition coefficient (Wildman–Crippen LogP) is 6.01. The third kappa shape index (κ3) is 4.74. The van der Waals surface area contributed by atoms with E-state index in [4.69, 9.17) is 25.8 Å². The monoisotopic (exact) mass is 547 g/mol. The van der Waals surface area contributed by atoms with Gasteiger partial charge in [0.25, 0.3) is 11.7 Å². The number of hydrogen-bond donors (Lipinski definition) is 1. The number of nitrogens with zero attached hydrogens (tertiary/aromatic N) is 1. The summed E-state index contributed by atoms with van der Waals surface area (Å²) in [5.74, 6) is -2.02. The zero-order valence-electron chi connectivity index (χ0n) is 20.3. The number of benzene rings is 3. The molecule has 1 saturated heterocycles. The minimum Gasteiger partial charge on any atom is -0.507 e. The first-order valence-corrected chi connectivity index (χ1v) is 11.4. The zero-order valence-corrected chi connectivity index (χ0v) is 21.1. The van der Waals surface area contributed by atoms with Gasteiger partial charge < -0.3 is 19.3 Å². The molecular formula is C27H21ClF3NO6. The van der Waals surface area contributed by atoms with E-state index < -0.39 is 35.2 Å². The number of halogens is 4. The van der Waals surface area contributed by atoms with Crippen LogP contribution >= 0.6 is 11.6 Å². The smallest absolute Gasteiger partial charge is 0.416 e. The molecule has 1 aliphatic heterocycles. The summed E-state index contributed by atoms with van der Waals surface area (Å²) in [4.78, 5) is 27.7. The first-order chi connectivity index (χ1) is 18.0. The Kier molecular flexibility index (Phi) is 7.28.